The minimum absolute atomic E-state index is 0.0106. The smallest absolute Gasteiger partial charge is 0.247 e. The van der Waals surface area contributed by atoms with Crippen LogP contribution in [0, 0.1) is 22.7 Å². The third kappa shape index (κ3) is 3.71. The summed E-state index contributed by atoms with van der Waals surface area (Å²) in [7, 11) is 3.45. The molecule has 0 bridgehead atoms. The molecule has 1 atom stereocenters. The van der Waals surface area contributed by atoms with Crippen molar-refractivity contribution in [2.45, 2.75) is 25.7 Å². The number of carbonyl (C=O) groups is 2. The first-order valence-electron chi connectivity index (χ1n) is 10.0. The molecular weight excluding hydrogens is 380 g/mol. The number of hydrogen-bond acceptors (Lipinski definition) is 6. The molecule has 2 aromatic heterocycles. The quantitative estimate of drug-likeness (QED) is 0.794. The Morgan fingerprint density at radius 1 is 1.27 bits per heavy atom. The zero-order chi connectivity index (χ0) is 21.3. The molecule has 4 rings (SSSR count). The Morgan fingerprint density at radius 3 is 2.63 bits per heavy atom. The summed E-state index contributed by atoms with van der Waals surface area (Å²) < 4.78 is 0. The molecule has 1 aliphatic carbocycles. The number of hydrogen-bond donors (Lipinski definition) is 1. The molecule has 30 heavy (non-hydrogen) atoms. The van der Waals surface area contributed by atoms with Crippen LogP contribution in [-0.2, 0) is 16.0 Å². The van der Waals surface area contributed by atoms with Crippen molar-refractivity contribution in [1.29, 1.82) is 5.26 Å². The van der Waals surface area contributed by atoms with Gasteiger partial charge in [0, 0.05) is 44.8 Å². The zero-order valence-electron chi connectivity index (χ0n) is 17.1. The second-order valence-electron chi connectivity index (χ2n) is 8.10. The summed E-state index contributed by atoms with van der Waals surface area (Å²) in [6, 6.07) is 9.49. The highest BCUT2D eigenvalue weighted by Gasteiger charge is 2.56. The molecule has 1 saturated heterocycles. The highest BCUT2D eigenvalue weighted by Crippen LogP contribution is 2.51. The van der Waals surface area contributed by atoms with Gasteiger partial charge in [-0.1, -0.05) is 0 Å². The zero-order valence-corrected chi connectivity index (χ0v) is 17.1. The number of likely N-dealkylation sites (N-methyl/N-ethyl adjacent to an activating group) is 1. The van der Waals surface area contributed by atoms with Crippen molar-refractivity contribution in [3.8, 4) is 6.07 Å². The fraction of sp³-hybridized carbons (Fsp3) is 0.409. The number of nitrogens with zero attached hydrogens (tertiary/aromatic N) is 5. The number of pyridine rings is 2. The molecule has 1 saturated carbocycles. The minimum Gasteiger partial charge on any atom is -0.349 e. The Bertz CT molecular complexity index is 1030. The van der Waals surface area contributed by atoms with E-state index < -0.39 is 5.41 Å². The summed E-state index contributed by atoms with van der Waals surface area (Å²) in [5.74, 6) is 1.21. The van der Waals surface area contributed by atoms with Gasteiger partial charge in [0.25, 0.3) is 0 Å². The lowest BCUT2D eigenvalue weighted by atomic mass is 9.83. The number of rotatable bonds is 6. The molecule has 8 heteroatoms. The van der Waals surface area contributed by atoms with Crippen molar-refractivity contribution in [3.05, 3.63) is 42.2 Å². The van der Waals surface area contributed by atoms with Crippen LogP contribution in [0.4, 0.5) is 17.3 Å². The predicted octanol–water partition coefficient (Wildman–Crippen LogP) is 2.51. The first-order valence-corrected chi connectivity index (χ1v) is 10.0. The van der Waals surface area contributed by atoms with E-state index in [2.05, 4.69) is 21.4 Å². The SMILES string of the molecule is CN(C)C(=O)Cc1ccnc(Nc2cc(N3CC[C@@](C#N)(C4CC4)C3=O)ccn2)c1. The molecule has 0 radical (unpaired) electrons. The van der Waals surface area contributed by atoms with Gasteiger partial charge in [0.2, 0.25) is 11.8 Å². The molecule has 154 valence electrons. The second kappa shape index (κ2) is 7.75. The van der Waals surface area contributed by atoms with Gasteiger partial charge in [-0.05, 0) is 48.9 Å². The van der Waals surface area contributed by atoms with Gasteiger partial charge in [-0.15, -0.1) is 0 Å². The molecule has 2 fully saturated rings. The summed E-state index contributed by atoms with van der Waals surface area (Å²) >= 11 is 0. The average Bonchev–Trinajstić information content (AvgIpc) is 3.52. The van der Waals surface area contributed by atoms with Crippen LogP contribution in [0.15, 0.2) is 36.7 Å². The third-order valence-corrected chi connectivity index (χ3v) is 5.82. The number of aromatic nitrogens is 2. The van der Waals surface area contributed by atoms with Gasteiger partial charge < -0.3 is 15.1 Å². The van der Waals surface area contributed by atoms with E-state index in [0.717, 1.165) is 18.4 Å². The van der Waals surface area contributed by atoms with Gasteiger partial charge in [-0.25, -0.2) is 9.97 Å². The van der Waals surface area contributed by atoms with Gasteiger partial charge in [-0.3, -0.25) is 9.59 Å². The summed E-state index contributed by atoms with van der Waals surface area (Å²) in [6.45, 7) is 0.534. The molecule has 8 nitrogen and oxygen atoms in total. The molecular formula is C22H24N6O2. The van der Waals surface area contributed by atoms with Crippen molar-refractivity contribution in [2.75, 3.05) is 30.9 Å². The summed E-state index contributed by atoms with van der Waals surface area (Å²) in [6.07, 6.45) is 6.04. The van der Waals surface area contributed by atoms with Crippen molar-refractivity contribution < 1.29 is 9.59 Å². The van der Waals surface area contributed by atoms with Crippen LogP contribution in [0.25, 0.3) is 0 Å². The molecule has 2 aromatic rings. The van der Waals surface area contributed by atoms with Crippen molar-refractivity contribution in [2.24, 2.45) is 11.3 Å². The highest BCUT2D eigenvalue weighted by molar-refractivity contribution is 6.02. The van der Waals surface area contributed by atoms with E-state index in [0.29, 0.717) is 30.3 Å². The monoisotopic (exact) mass is 404 g/mol. The normalized spacial score (nSPS) is 20.7. The van der Waals surface area contributed by atoms with Crippen molar-refractivity contribution in [3.63, 3.8) is 0 Å². The minimum atomic E-state index is -0.869. The first kappa shape index (κ1) is 19.8. The molecule has 2 aliphatic rings. The van der Waals surface area contributed by atoms with Gasteiger partial charge in [0.05, 0.1) is 12.5 Å². The molecule has 0 spiro atoms. The van der Waals surface area contributed by atoms with Crippen molar-refractivity contribution in [1.82, 2.24) is 14.9 Å². The predicted molar refractivity (Wildman–Crippen MR) is 112 cm³/mol. The van der Waals surface area contributed by atoms with E-state index in [9.17, 15) is 14.9 Å². The van der Waals surface area contributed by atoms with Gasteiger partial charge >= 0.3 is 0 Å². The fourth-order valence-corrected chi connectivity index (χ4v) is 3.91. The second-order valence-corrected chi connectivity index (χ2v) is 8.10. The summed E-state index contributed by atoms with van der Waals surface area (Å²) in [5, 5.41) is 12.8. The first-order chi connectivity index (χ1) is 14.4. The molecule has 0 unspecified atom stereocenters. The van der Waals surface area contributed by atoms with E-state index in [1.807, 2.05) is 6.07 Å². The molecule has 2 amide bonds. The standard InChI is InChI=1S/C22H24N6O2/c1-27(2)20(29)12-15-5-8-24-18(11-15)26-19-13-17(6-9-25-19)28-10-7-22(14-23,21(28)30)16-3-4-16/h5-6,8-9,11,13,16H,3-4,7,10,12H2,1-2H3,(H,24,25,26)/t22-/m1/s1. The van der Waals surface area contributed by atoms with E-state index in [4.69, 9.17) is 0 Å². The molecule has 1 aliphatic heterocycles. The largest absolute Gasteiger partial charge is 0.349 e. The highest BCUT2D eigenvalue weighted by atomic mass is 16.2. The summed E-state index contributed by atoms with van der Waals surface area (Å²) in [4.78, 5) is 36.8. The van der Waals surface area contributed by atoms with Gasteiger partial charge in [0.15, 0.2) is 0 Å². The Kier molecular flexibility index (Phi) is 5.12. The fourth-order valence-electron chi connectivity index (χ4n) is 3.91. The lowest BCUT2D eigenvalue weighted by Crippen LogP contribution is -2.35. The Labute approximate surface area is 175 Å². The molecule has 0 aromatic carbocycles. The number of carbonyl (C=O) groups excluding carboxylic acids is 2. The van der Waals surface area contributed by atoms with E-state index >= 15 is 0 Å². The maximum Gasteiger partial charge on any atom is 0.247 e. The maximum atomic E-state index is 13.0. The topological polar surface area (TPSA) is 102 Å². The Hall–Kier alpha value is -3.47. The van der Waals surface area contributed by atoms with Crippen LogP contribution in [-0.4, -0.2) is 47.3 Å². The van der Waals surface area contributed by atoms with Crippen LogP contribution in [0.5, 0.6) is 0 Å². The van der Waals surface area contributed by atoms with E-state index in [1.54, 1.807) is 54.5 Å². The lowest BCUT2D eigenvalue weighted by Gasteiger charge is -2.21. The number of amides is 2. The molecule has 1 N–H and O–H groups in total. The van der Waals surface area contributed by atoms with Crippen LogP contribution in [0.3, 0.4) is 0 Å². The van der Waals surface area contributed by atoms with E-state index in [1.165, 1.54) is 0 Å². The third-order valence-electron chi connectivity index (χ3n) is 5.82. The number of nitriles is 1. The Morgan fingerprint density at radius 2 is 1.97 bits per heavy atom. The van der Waals surface area contributed by atoms with Crippen LogP contribution < -0.4 is 10.2 Å². The van der Waals surface area contributed by atoms with Crippen molar-refractivity contribution >= 4 is 29.1 Å². The summed E-state index contributed by atoms with van der Waals surface area (Å²) in [5.41, 5.74) is 0.695. The van der Waals surface area contributed by atoms with Crippen LogP contribution in [0.2, 0.25) is 0 Å². The number of nitrogens with one attached hydrogen (secondary N) is 1. The maximum absolute atomic E-state index is 13.0. The van der Waals surface area contributed by atoms with Gasteiger partial charge in [-0.2, -0.15) is 5.26 Å². The Balaban J connectivity index is 1.50. The van der Waals surface area contributed by atoms with Gasteiger partial charge in [0.1, 0.15) is 17.1 Å². The lowest BCUT2D eigenvalue weighted by molar-refractivity contribution is -0.128. The molecule has 3 heterocycles. The van der Waals surface area contributed by atoms with Crippen LogP contribution >= 0.6 is 0 Å². The van der Waals surface area contributed by atoms with Crippen LogP contribution in [0.1, 0.15) is 24.8 Å². The average molecular weight is 404 g/mol. The van der Waals surface area contributed by atoms with E-state index in [-0.39, 0.29) is 24.2 Å². The number of anilines is 3.